The summed E-state index contributed by atoms with van der Waals surface area (Å²) < 4.78 is 52.7. The first-order valence-corrected chi connectivity index (χ1v) is 13.4. The lowest BCUT2D eigenvalue weighted by atomic mass is 10.2. The van der Waals surface area contributed by atoms with Gasteiger partial charge in [-0.3, -0.25) is 14.3 Å². The SMILES string of the molecule is CCS(=O)(=O)Nc1ccc(NC(=O)c2ccc(S(=O)(=O)N3CCN(C(C)=O)CC3)cc2)cc1. The number of piperazine rings is 1. The highest BCUT2D eigenvalue weighted by Gasteiger charge is 2.29. The Kier molecular flexibility index (Phi) is 7.40. The van der Waals surface area contributed by atoms with Gasteiger partial charge < -0.3 is 10.2 Å². The number of sulfonamides is 2. The summed E-state index contributed by atoms with van der Waals surface area (Å²) in [5.74, 6) is -0.568. The van der Waals surface area contributed by atoms with Gasteiger partial charge in [-0.05, 0) is 55.5 Å². The van der Waals surface area contributed by atoms with Crippen LogP contribution in [-0.2, 0) is 24.8 Å². The highest BCUT2D eigenvalue weighted by Crippen LogP contribution is 2.20. The molecule has 1 aliphatic heterocycles. The Morgan fingerprint density at radius 2 is 1.39 bits per heavy atom. The molecule has 0 spiro atoms. The van der Waals surface area contributed by atoms with Gasteiger partial charge in [0, 0.05) is 50.0 Å². The van der Waals surface area contributed by atoms with Crippen molar-refractivity contribution in [3.8, 4) is 0 Å². The van der Waals surface area contributed by atoms with Crippen LogP contribution in [0, 0.1) is 0 Å². The van der Waals surface area contributed by atoms with Gasteiger partial charge in [0.1, 0.15) is 0 Å². The van der Waals surface area contributed by atoms with E-state index < -0.39 is 26.0 Å². The van der Waals surface area contributed by atoms with E-state index in [4.69, 9.17) is 0 Å². The largest absolute Gasteiger partial charge is 0.340 e. The predicted octanol–water partition coefficient (Wildman–Crippen LogP) is 1.55. The van der Waals surface area contributed by atoms with Crippen molar-refractivity contribution in [1.82, 2.24) is 9.21 Å². The molecular weight excluding hydrogens is 468 g/mol. The topological polar surface area (TPSA) is 133 Å². The minimum absolute atomic E-state index is 0.0498. The van der Waals surface area contributed by atoms with Crippen LogP contribution < -0.4 is 10.0 Å². The van der Waals surface area contributed by atoms with Crippen molar-refractivity contribution >= 4 is 43.2 Å². The molecule has 10 nitrogen and oxygen atoms in total. The minimum atomic E-state index is -3.73. The average Bonchev–Trinajstić information content (AvgIpc) is 2.80. The van der Waals surface area contributed by atoms with Gasteiger partial charge in [0.2, 0.25) is 26.0 Å². The number of benzene rings is 2. The van der Waals surface area contributed by atoms with Crippen LogP contribution >= 0.6 is 0 Å². The summed E-state index contributed by atoms with van der Waals surface area (Å²) >= 11 is 0. The molecule has 0 saturated carbocycles. The number of nitrogens with zero attached hydrogens (tertiary/aromatic N) is 2. The molecule has 0 bridgehead atoms. The van der Waals surface area contributed by atoms with Crippen molar-refractivity contribution < 1.29 is 26.4 Å². The van der Waals surface area contributed by atoms with E-state index in [1.807, 2.05) is 0 Å². The van der Waals surface area contributed by atoms with Crippen LogP contribution in [0.1, 0.15) is 24.2 Å². The highest BCUT2D eigenvalue weighted by atomic mass is 32.2. The summed E-state index contributed by atoms with van der Waals surface area (Å²) in [6.07, 6.45) is 0. The first-order valence-electron chi connectivity index (χ1n) is 10.3. The third-order valence-corrected chi connectivity index (χ3v) is 8.45. The lowest BCUT2D eigenvalue weighted by Crippen LogP contribution is -2.49. The number of hydrogen-bond donors (Lipinski definition) is 2. The summed E-state index contributed by atoms with van der Waals surface area (Å²) in [6, 6.07) is 11.8. The Bertz CT molecular complexity index is 1220. The van der Waals surface area contributed by atoms with Gasteiger partial charge in [0.15, 0.2) is 0 Å². The zero-order valence-electron chi connectivity index (χ0n) is 18.3. The zero-order valence-corrected chi connectivity index (χ0v) is 19.9. The van der Waals surface area contributed by atoms with Crippen LogP contribution in [0.5, 0.6) is 0 Å². The number of hydrogen-bond acceptors (Lipinski definition) is 6. The Morgan fingerprint density at radius 3 is 1.91 bits per heavy atom. The monoisotopic (exact) mass is 494 g/mol. The van der Waals surface area contributed by atoms with Crippen molar-refractivity contribution in [2.45, 2.75) is 18.7 Å². The summed E-state index contributed by atoms with van der Waals surface area (Å²) in [6.45, 7) is 4.10. The molecule has 3 rings (SSSR count). The molecule has 2 aromatic carbocycles. The number of carbonyl (C=O) groups is 2. The first kappa shape index (κ1) is 24.7. The van der Waals surface area contributed by atoms with E-state index in [1.54, 1.807) is 17.0 Å². The Labute approximate surface area is 193 Å². The molecule has 1 heterocycles. The van der Waals surface area contributed by atoms with Gasteiger partial charge in [0.05, 0.1) is 10.6 Å². The summed E-state index contributed by atoms with van der Waals surface area (Å²) in [7, 11) is -7.12. The van der Waals surface area contributed by atoms with Crippen LogP contribution in [0.25, 0.3) is 0 Å². The third-order valence-electron chi connectivity index (χ3n) is 5.23. The van der Waals surface area contributed by atoms with Crippen LogP contribution in [-0.4, -0.2) is 69.8 Å². The first-order chi connectivity index (χ1) is 15.5. The van der Waals surface area contributed by atoms with E-state index in [1.165, 1.54) is 54.6 Å². The van der Waals surface area contributed by atoms with E-state index in [0.29, 0.717) is 24.5 Å². The summed E-state index contributed by atoms with van der Waals surface area (Å²) in [5.41, 5.74) is 1.11. The van der Waals surface area contributed by atoms with Crippen LogP contribution in [0.2, 0.25) is 0 Å². The van der Waals surface area contributed by atoms with E-state index in [0.717, 1.165) is 0 Å². The van der Waals surface area contributed by atoms with Gasteiger partial charge in [-0.25, -0.2) is 16.8 Å². The van der Waals surface area contributed by atoms with Crippen molar-refractivity contribution in [2.24, 2.45) is 0 Å². The standard InChI is InChI=1S/C21H26N4O6S2/c1-3-32(28,29)23-19-8-6-18(7-9-19)22-21(27)17-4-10-20(11-5-17)33(30,31)25-14-12-24(13-15-25)16(2)26/h4-11,23H,3,12-15H2,1-2H3,(H,22,27). The summed E-state index contributed by atoms with van der Waals surface area (Å²) in [4.78, 5) is 25.6. The maximum absolute atomic E-state index is 12.9. The van der Waals surface area contributed by atoms with E-state index >= 15 is 0 Å². The molecule has 0 aromatic heterocycles. The summed E-state index contributed by atoms with van der Waals surface area (Å²) in [5, 5.41) is 2.69. The van der Waals surface area contributed by atoms with Gasteiger partial charge in [-0.1, -0.05) is 0 Å². The fourth-order valence-electron chi connectivity index (χ4n) is 3.25. The average molecular weight is 495 g/mol. The molecule has 0 atom stereocenters. The number of carbonyl (C=O) groups excluding carboxylic acids is 2. The molecule has 0 aliphatic carbocycles. The van der Waals surface area contributed by atoms with Crippen molar-refractivity contribution in [2.75, 3.05) is 42.0 Å². The number of anilines is 2. The molecule has 33 heavy (non-hydrogen) atoms. The fraction of sp³-hybridized carbons (Fsp3) is 0.333. The lowest BCUT2D eigenvalue weighted by Gasteiger charge is -2.33. The van der Waals surface area contributed by atoms with Crippen molar-refractivity contribution in [1.29, 1.82) is 0 Å². The molecular formula is C21H26N4O6S2. The molecule has 2 amide bonds. The Hall–Kier alpha value is -2.96. The number of rotatable bonds is 7. The Morgan fingerprint density at radius 1 is 0.848 bits per heavy atom. The second kappa shape index (κ2) is 9.89. The number of nitrogens with one attached hydrogen (secondary N) is 2. The van der Waals surface area contributed by atoms with Gasteiger partial charge in [-0.2, -0.15) is 4.31 Å². The Balaban J connectivity index is 1.64. The zero-order chi connectivity index (χ0) is 24.2. The second-order valence-electron chi connectivity index (χ2n) is 7.47. The van der Waals surface area contributed by atoms with Gasteiger partial charge in [-0.15, -0.1) is 0 Å². The minimum Gasteiger partial charge on any atom is -0.340 e. The molecule has 1 fully saturated rings. The highest BCUT2D eigenvalue weighted by molar-refractivity contribution is 7.92. The second-order valence-corrected chi connectivity index (χ2v) is 11.4. The molecule has 1 saturated heterocycles. The normalized spacial score (nSPS) is 15.2. The predicted molar refractivity (Wildman–Crippen MR) is 125 cm³/mol. The molecule has 0 unspecified atom stereocenters. The maximum Gasteiger partial charge on any atom is 0.255 e. The quantitative estimate of drug-likeness (QED) is 0.600. The van der Waals surface area contributed by atoms with Gasteiger partial charge in [0.25, 0.3) is 5.91 Å². The fourth-order valence-corrected chi connectivity index (χ4v) is 5.31. The van der Waals surface area contributed by atoms with Gasteiger partial charge >= 0.3 is 0 Å². The molecule has 1 aliphatic rings. The number of amides is 2. The third kappa shape index (κ3) is 6.09. The molecule has 0 radical (unpaired) electrons. The van der Waals surface area contributed by atoms with Crippen molar-refractivity contribution in [3.63, 3.8) is 0 Å². The lowest BCUT2D eigenvalue weighted by molar-refractivity contribution is -0.129. The molecule has 2 aromatic rings. The van der Waals surface area contributed by atoms with Crippen molar-refractivity contribution in [3.05, 3.63) is 54.1 Å². The molecule has 12 heteroatoms. The van der Waals surface area contributed by atoms with Crippen LogP contribution in [0.4, 0.5) is 11.4 Å². The van der Waals surface area contributed by atoms with E-state index in [-0.39, 0.29) is 35.2 Å². The van der Waals surface area contributed by atoms with E-state index in [9.17, 15) is 26.4 Å². The maximum atomic E-state index is 12.9. The van der Waals surface area contributed by atoms with Crippen LogP contribution in [0.15, 0.2) is 53.4 Å². The van der Waals surface area contributed by atoms with E-state index in [2.05, 4.69) is 10.0 Å². The van der Waals surface area contributed by atoms with Crippen LogP contribution in [0.3, 0.4) is 0 Å². The molecule has 178 valence electrons. The smallest absolute Gasteiger partial charge is 0.255 e. The molecule has 2 N–H and O–H groups in total.